The van der Waals surface area contributed by atoms with E-state index in [0.29, 0.717) is 13.0 Å². The summed E-state index contributed by atoms with van der Waals surface area (Å²) in [5.74, 6) is 0.0775. The van der Waals surface area contributed by atoms with Crippen molar-refractivity contribution >= 4 is 5.91 Å². The molecule has 0 spiro atoms. The third-order valence-electron chi connectivity index (χ3n) is 4.80. The van der Waals surface area contributed by atoms with Crippen molar-refractivity contribution in [2.24, 2.45) is 0 Å². The van der Waals surface area contributed by atoms with E-state index in [9.17, 15) is 9.90 Å². The quantitative estimate of drug-likeness (QED) is 0.816. The largest absolute Gasteiger partial charge is 0.388 e. The Morgan fingerprint density at radius 1 is 1.12 bits per heavy atom. The number of hydrogen-bond acceptors (Lipinski definition) is 3. The minimum atomic E-state index is -0.537. The topological polar surface area (TPSA) is 52.6 Å². The molecule has 1 aliphatic rings. The predicted molar refractivity (Wildman–Crippen MR) is 98.9 cm³/mol. The molecule has 4 heteroatoms. The predicted octanol–water partition coefficient (Wildman–Crippen LogP) is 2.89. The normalized spacial score (nSPS) is 18.8. The number of aliphatic hydroxyl groups is 1. The molecule has 0 saturated carbocycles. The zero-order valence-corrected chi connectivity index (χ0v) is 14.5. The van der Waals surface area contributed by atoms with Crippen LogP contribution < -0.4 is 5.32 Å². The lowest BCUT2D eigenvalue weighted by atomic mass is 10.1. The van der Waals surface area contributed by atoms with Gasteiger partial charge in [-0.05, 0) is 36.9 Å². The molecule has 2 aromatic carbocycles. The van der Waals surface area contributed by atoms with Crippen LogP contribution in [0.2, 0.25) is 0 Å². The minimum absolute atomic E-state index is 0.0610. The molecule has 1 amide bonds. The van der Waals surface area contributed by atoms with Gasteiger partial charge in [-0.15, -0.1) is 0 Å². The summed E-state index contributed by atoms with van der Waals surface area (Å²) < 4.78 is 0. The number of carbonyl (C=O) groups excluding carboxylic acids is 1. The number of hydrogen-bond donors (Lipinski definition) is 2. The van der Waals surface area contributed by atoms with Crippen LogP contribution in [0, 0.1) is 0 Å². The second-order valence-corrected chi connectivity index (χ2v) is 6.62. The van der Waals surface area contributed by atoms with Gasteiger partial charge in [-0.25, -0.2) is 0 Å². The van der Waals surface area contributed by atoms with E-state index in [1.165, 1.54) is 5.56 Å². The lowest BCUT2D eigenvalue weighted by Crippen LogP contribution is -2.43. The van der Waals surface area contributed by atoms with Crippen LogP contribution in [0.15, 0.2) is 60.7 Å². The van der Waals surface area contributed by atoms with Crippen LogP contribution in [0.1, 0.15) is 36.5 Å². The van der Waals surface area contributed by atoms with Crippen LogP contribution in [-0.2, 0) is 11.3 Å². The average Bonchev–Trinajstić information content (AvgIpc) is 3.11. The first-order chi connectivity index (χ1) is 12.2. The SMILES string of the molecule is O=C(NCCC(O)c1ccccc1)C1CCCN1Cc1ccccc1. The van der Waals surface area contributed by atoms with E-state index < -0.39 is 6.10 Å². The lowest BCUT2D eigenvalue weighted by molar-refractivity contribution is -0.125. The van der Waals surface area contributed by atoms with E-state index in [1.54, 1.807) is 0 Å². The number of likely N-dealkylation sites (tertiary alicyclic amines) is 1. The van der Waals surface area contributed by atoms with E-state index in [-0.39, 0.29) is 11.9 Å². The molecular weight excluding hydrogens is 312 g/mol. The zero-order valence-electron chi connectivity index (χ0n) is 14.5. The highest BCUT2D eigenvalue weighted by Crippen LogP contribution is 2.20. The smallest absolute Gasteiger partial charge is 0.237 e. The summed E-state index contributed by atoms with van der Waals surface area (Å²) in [4.78, 5) is 14.8. The lowest BCUT2D eigenvalue weighted by Gasteiger charge is -2.24. The Morgan fingerprint density at radius 2 is 1.80 bits per heavy atom. The Kier molecular flexibility index (Phi) is 6.20. The summed E-state index contributed by atoms with van der Waals surface area (Å²) >= 11 is 0. The fourth-order valence-corrected chi connectivity index (χ4v) is 3.42. The van der Waals surface area contributed by atoms with Gasteiger partial charge in [0.25, 0.3) is 0 Å². The third kappa shape index (κ3) is 4.91. The van der Waals surface area contributed by atoms with Crippen LogP contribution in [0.4, 0.5) is 0 Å². The molecule has 2 unspecified atom stereocenters. The van der Waals surface area contributed by atoms with Gasteiger partial charge >= 0.3 is 0 Å². The summed E-state index contributed by atoms with van der Waals surface area (Å²) in [6.45, 7) is 2.26. The number of nitrogens with zero attached hydrogens (tertiary/aromatic N) is 1. The van der Waals surface area contributed by atoms with Crippen LogP contribution in [0.5, 0.6) is 0 Å². The molecule has 0 aromatic heterocycles. The van der Waals surface area contributed by atoms with Gasteiger partial charge < -0.3 is 10.4 Å². The highest BCUT2D eigenvalue weighted by Gasteiger charge is 2.30. The van der Waals surface area contributed by atoms with Gasteiger partial charge in [0.05, 0.1) is 12.1 Å². The van der Waals surface area contributed by atoms with E-state index in [0.717, 1.165) is 31.5 Å². The molecule has 1 saturated heterocycles. The molecule has 0 bridgehead atoms. The standard InChI is InChI=1S/C21H26N2O2/c24-20(18-10-5-2-6-11-18)13-14-22-21(25)19-12-7-15-23(19)16-17-8-3-1-4-9-17/h1-6,8-11,19-20,24H,7,12-16H2,(H,22,25). The van der Waals surface area contributed by atoms with Crippen molar-refractivity contribution in [1.82, 2.24) is 10.2 Å². The average molecular weight is 338 g/mol. The molecule has 1 fully saturated rings. The Bertz CT molecular complexity index is 660. The molecule has 25 heavy (non-hydrogen) atoms. The fourth-order valence-electron chi connectivity index (χ4n) is 3.42. The monoisotopic (exact) mass is 338 g/mol. The third-order valence-corrected chi connectivity index (χ3v) is 4.80. The maximum absolute atomic E-state index is 12.5. The number of carbonyl (C=O) groups is 1. The summed E-state index contributed by atoms with van der Waals surface area (Å²) in [6.07, 6.45) is 1.95. The molecule has 3 rings (SSSR count). The molecule has 132 valence electrons. The summed E-state index contributed by atoms with van der Waals surface area (Å²) in [6, 6.07) is 19.8. The van der Waals surface area contributed by atoms with Crippen molar-refractivity contribution in [3.05, 3.63) is 71.8 Å². The number of benzene rings is 2. The van der Waals surface area contributed by atoms with Gasteiger partial charge in [0.1, 0.15) is 0 Å². The number of aliphatic hydroxyl groups excluding tert-OH is 1. The van der Waals surface area contributed by atoms with Crippen LogP contribution in [0.3, 0.4) is 0 Å². The zero-order chi connectivity index (χ0) is 17.5. The van der Waals surface area contributed by atoms with E-state index >= 15 is 0 Å². The Labute approximate surface area is 149 Å². The Morgan fingerprint density at radius 3 is 2.52 bits per heavy atom. The van der Waals surface area contributed by atoms with Crippen molar-refractivity contribution in [2.45, 2.75) is 38.0 Å². The highest BCUT2D eigenvalue weighted by molar-refractivity contribution is 5.82. The van der Waals surface area contributed by atoms with Crippen molar-refractivity contribution in [3.8, 4) is 0 Å². The first kappa shape index (κ1) is 17.6. The van der Waals surface area contributed by atoms with Crippen molar-refractivity contribution in [1.29, 1.82) is 0 Å². The fraction of sp³-hybridized carbons (Fsp3) is 0.381. The van der Waals surface area contributed by atoms with Gasteiger partial charge in [0.15, 0.2) is 0 Å². The molecule has 0 aliphatic carbocycles. The first-order valence-corrected chi connectivity index (χ1v) is 9.03. The molecule has 1 heterocycles. The molecule has 0 radical (unpaired) electrons. The molecule has 4 nitrogen and oxygen atoms in total. The number of nitrogens with one attached hydrogen (secondary N) is 1. The summed E-state index contributed by atoms with van der Waals surface area (Å²) in [5, 5.41) is 13.2. The number of amides is 1. The van der Waals surface area contributed by atoms with Crippen LogP contribution in [-0.4, -0.2) is 35.0 Å². The first-order valence-electron chi connectivity index (χ1n) is 9.03. The molecule has 1 aliphatic heterocycles. The second-order valence-electron chi connectivity index (χ2n) is 6.62. The van der Waals surface area contributed by atoms with E-state index in [1.807, 2.05) is 48.5 Å². The van der Waals surface area contributed by atoms with Crippen molar-refractivity contribution in [3.63, 3.8) is 0 Å². The van der Waals surface area contributed by atoms with Gasteiger partial charge in [0, 0.05) is 13.1 Å². The van der Waals surface area contributed by atoms with Crippen LogP contribution in [0.25, 0.3) is 0 Å². The van der Waals surface area contributed by atoms with Crippen molar-refractivity contribution in [2.75, 3.05) is 13.1 Å². The Balaban J connectivity index is 1.47. The van der Waals surface area contributed by atoms with Gasteiger partial charge in [0.2, 0.25) is 5.91 Å². The van der Waals surface area contributed by atoms with Crippen LogP contribution >= 0.6 is 0 Å². The molecule has 2 aromatic rings. The minimum Gasteiger partial charge on any atom is -0.388 e. The molecule has 2 atom stereocenters. The maximum Gasteiger partial charge on any atom is 0.237 e. The molecular formula is C21H26N2O2. The highest BCUT2D eigenvalue weighted by atomic mass is 16.3. The van der Waals surface area contributed by atoms with Crippen molar-refractivity contribution < 1.29 is 9.90 Å². The Hall–Kier alpha value is -2.17. The van der Waals surface area contributed by atoms with Gasteiger partial charge in [-0.1, -0.05) is 60.7 Å². The maximum atomic E-state index is 12.5. The number of rotatable bonds is 7. The second kappa shape index (κ2) is 8.79. The van der Waals surface area contributed by atoms with E-state index in [4.69, 9.17) is 0 Å². The molecule has 2 N–H and O–H groups in total. The van der Waals surface area contributed by atoms with E-state index in [2.05, 4.69) is 22.3 Å². The summed E-state index contributed by atoms with van der Waals surface area (Å²) in [5.41, 5.74) is 2.13. The summed E-state index contributed by atoms with van der Waals surface area (Å²) in [7, 11) is 0. The van der Waals surface area contributed by atoms with Gasteiger partial charge in [-0.3, -0.25) is 9.69 Å². The van der Waals surface area contributed by atoms with Gasteiger partial charge in [-0.2, -0.15) is 0 Å².